The number of rotatable bonds is 4. The van der Waals surface area contributed by atoms with Gasteiger partial charge in [-0.15, -0.1) is 0 Å². The van der Waals surface area contributed by atoms with Gasteiger partial charge in [0.25, 0.3) is 0 Å². The molecule has 27 heavy (non-hydrogen) atoms. The first-order valence-corrected chi connectivity index (χ1v) is 9.48. The Hall–Kier alpha value is -1.59. The molecule has 6 heteroatoms. The molecule has 0 N–H and O–H groups in total. The van der Waals surface area contributed by atoms with Gasteiger partial charge in [0.05, 0.1) is 21.2 Å². The van der Waals surface area contributed by atoms with Gasteiger partial charge < -0.3 is 9.31 Å². The number of hydrogen-bond donors (Lipinski definition) is 0. The summed E-state index contributed by atoms with van der Waals surface area (Å²) < 4.78 is 12.2. The average Bonchev–Trinajstić information content (AvgIpc) is 2.83. The van der Waals surface area contributed by atoms with Crippen molar-refractivity contribution in [2.45, 2.75) is 38.9 Å². The SMILES string of the molecule is CC1(C)OB(c2ccccc2C(=O)/C=C/c2ccc(Cl)c(Cl)c2)OC1(C)C. The summed E-state index contributed by atoms with van der Waals surface area (Å²) in [4.78, 5) is 12.8. The second-order valence-electron chi connectivity index (χ2n) is 7.55. The zero-order valence-corrected chi connectivity index (χ0v) is 17.3. The molecule has 0 saturated carbocycles. The van der Waals surface area contributed by atoms with E-state index in [1.54, 1.807) is 30.3 Å². The summed E-state index contributed by atoms with van der Waals surface area (Å²) in [5.74, 6) is -0.133. The van der Waals surface area contributed by atoms with Crippen LogP contribution in [-0.2, 0) is 9.31 Å². The summed E-state index contributed by atoms with van der Waals surface area (Å²) in [6.07, 6.45) is 3.23. The molecule has 1 aliphatic heterocycles. The van der Waals surface area contributed by atoms with Gasteiger partial charge >= 0.3 is 7.12 Å². The molecule has 1 aliphatic rings. The summed E-state index contributed by atoms with van der Waals surface area (Å²) in [5, 5.41) is 0.926. The Morgan fingerprint density at radius 1 is 0.963 bits per heavy atom. The molecule has 0 spiro atoms. The fraction of sp³-hybridized carbons (Fsp3) is 0.286. The van der Waals surface area contributed by atoms with Crippen molar-refractivity contribution in [3.63, 3.8) is 0 Å². The van der Waals surface area contributed by atoms with Crippen LogP contribution in [0.5, 0.6) is 0 Å². The van der Waals surface area contributed by atoms with Crippen molar-refractivity contribution in [1.82, 2.24) is 0 Å². The Kier molecular flexibility index (Phi) is 5.55. The maximum atomic E-state index is 12.8. The molecular formula is C21H21BCl2O3. The maximum Gasteiger partial charge on any atom is 0.495 e. The van der Waals surface area contributed by atoms with Crippen LogP contribution in [0.25, 0.3) is 6.08 Å². The van der Waals surface area contributed by atoms with E-state index >= 15 is 0 Å². The molecule has 1 fully saturated rings. The van der Waals surface area contributed by atoms with E-state index in [9.17, 15) is 4.79 Å². The quantitative estimate of drug-likeness (QED) is 0.401. The zero-order valence-electron chi connectivity index (χ0n) is 15.8. The van der Waals surface area contributed by atoms with Crippen LogP contribution >= 0.6 is 23.2 Å². The van der Waals surface area contributed by atoms with Crippen LogP contribution in [-0.4, -0.2) is 24.1 Å². The number of carbonyl (C=O) groups is 1. The molecule has 3 rings (SSSR count). The first kappa shape index (κ1) is 20.2. The Morgan fingerprint density at radius 2 is 1.59 bits per heavy atom. The van der Waals surface area contributed by atoms with Crippen LogP contribution in [0.15, 0.2) is 48.5 Å². The zero-order chi connectivity index (χ0) is 19.8. The number of ketones is 1. The van der Waals surface area contributed by atoms with E-state index < -0.39 is 18.3 Å². The van der Waals surface area contributed by atoms with Gasteiger partial charge in [0.15, 0.2) is 5.78 Å². The minimum Gasteiger partial charge on any atom is -0.399 e. The van der Waals surface area contributed by atoms with Gasteiger partial charge in [0.2, 0.25) is 0 Å². The highest BCUT2D eigenvalue weighted by atomic mass is 35.5. The fourth-order valence-corrected chi connectivity index (χ4v) is 3.08. The lowest BCUT2D eigenvalue weighted by atomic mass is 9.75. The molecule has 0 atom stereocenters. The third-order valence-electron chi connectivity index (χ3n) is 5.10. The number of halogens is 2. The van der Waals surface area contributed by atoms with E-state index in [1.807, 2.05) is 45.9 Å². The smallest absolute Gasteiger partial charge is 0.399 e. The monoisotopic (exact) mass is 402 g/mol. The molecule has 0 aliphatic carbocycles. The van der Waals surface area contributed by atoms with E-state index in [0.717, 1.165) is 11.0 Å². The minimum atomic E-state index is -0.589. The van der Waals surface area contributed by atoms with Crippen LogP contribution < -0.4 is 5.46 Å². The first-order valence-electron chi connectivity index (χ1n) is 8.73. The molecule has 0 bridgehead atoms. The van der Waals surface area contributed by atoms with Gasteiger partial charge in [0.1, 0.15) is 0 Å². The highest BCUT2D eigenvalue weighted by molar-refractivity contribution is 6.64. The lowest BCUT2D eigenvalue weighted by molar-refractivity contribution is 0.00578. The van der Waals surface area contributed by atoms with Crippen LogP contribution in [0.4, 0.5) is 0 Å². The van der Waals surface area contributed by atoms with Gasteiger partial charge in [-0.3, -0.25) is 4.79 Å². The lowest BCUT2D eigenvalue weighted by Gasteiger charge is -2.32. The molecule has 1 heterocycles. The normalized spacial score (nSPS) is 18.2. The van der Waals surface area contributed by atoms with Gasteiger partial charge in [-0.1, -0.05) is 59.6 Å². The summed E-state index contributed by atoms with van der Waals surface area (Å²) in [6, 6.07) is 12.6. The molecular weight excluding hydrogens is 382 g/mol. The Bertz CT molecular complexity index is 890. The lowest BCUT2D eigenvalue weighted by Crippen LogP contribution is -2.41. The molecule has 0 amide bonds. The second-order valence-corrected chi connectivity index (χ2v) is 8.36. The van der Waals surface area contributed by atoms with E-state index in [4.69, 9.17) is 32.5 Å². The van der Waals surface area contributed by atoms with E-state index in [0.29, 0.717) is 15.6 Å². The van der Waals surface area contributed by atoms with Gasteiger partial charge in [-0.25, -0.2) is 0 Å². The van der Waals surface area contributed by atoms with Gasteiger partial charge in [-0.2, -0.15) is 0 Å². The molecule has 2 aromatic rings. The average molecular weight is 403 g/mol. The summed E-state index contributed by atoms with van der Waals surface area (Å²) in [5.41, 5.74) is 1.13. The maximum absolute atomic E-state index is 12.8. The van der Waals surface area contributed by atoms with Crippen LogP contribution in [0.1, 0.15) is 43.6 Å². The molecule has 0 radical (unpaired) electrons. The van der Waals surface area contributed by atoms with Crippen LogP contribution in [0, 0.1) is 0 Å². The number of benzene rings is 2. The Labute approximate surface area is 170 Å². The van der Waals surface area contributed by atoms with Crippen molar-refractivity contribution in [2.75, 3.05) is 0 Å². The van der Waals surface area contributed by atoms with E-state index in [2.05, 4.69) is 0 Å². The van der Waals surface area contributed by atoms with E-state index in [-0.39, 0.29) is 5.78 Å². The minimum absolute atomic E-state index is 0.133. The molecule has 0 unspecified atom stereocenters. The standard InChI is InChI=1S/C21H21BCl2O3/c1-20(2)21(3,4)27-22(26-20)16-8-6-5-7-15(16)19(25)12-10-14-9-11-17(23)18(24)13-14/h5-13H,1-4H3/b12-10+. The summed E-state index contributed by atoms with van der Waals surface area (Å²) in [6.45, 7) is 7.95. The molecule has 2 aromatic carbocycles. The van der Waals surface area contributed by atoms with Crippen molar-refractivity contribution >= 4 is 47.6 Å². The predicted octanol–water partition coefficient (Wildman–Crippen LogP) is 5.19. The highest BCUT2D eigenvalue weighted by Crippen LogP contribution is 2.36. The van der Waals surface area contributed by atoms with E-state index in [1.165, 1.54) is 6.08 Å². The van der Waals surface area contributed by atoms with Gasteiger partial charge in [-0.05, 0) is 56.9 Å². The van der Waals surface area contributed by atoms with Crippen molar-refractivity contribution in [3.05, 3.63) is 69.7 Å². The third-order valence-corrected chi connectivity index (χ3v) is 5.84. The number of carbonyl (C=O) groups excluding carboxylic acids is 1. The molecule has 140 valence electrons. The fourth-order valence-electron chi connectivity index (χ4n) is 2.77. The van der Waals surface area contributed by atoms with Crippen molar-refractivity contribution in [1.29, 1.82) is 0 Å². The van der Waals surface area contributed by atoms with Crippen molar-refractivity contribution in [3.8, 4) is 0 Å². The summed E-state index contributed by atoms with van der Waals surface area (Å²) in [7, 11) is -0.589. The molecule has 0 aromatic heterocycles. The number of allylic oxidation sites excluding steroid dienone is 1. The Balaban J connectivity index is 1.86. The van der Waals surface area contributed by atoms with Crippen molar-refractivity contribution < 1.29 is 14.1 Å². The Morgan fingerprint density at radius 3 is 2.22 bits per heavy atom. The first-order chi connectivity index (χ1) is 12.6. The third kappa shape index (κ3) is 4.14. The second kappa shape index (κ2) is 7.44. The van der Waals surface area contributed by atoms with Crippen LogP contribution in [0.2, 0.25) is 10.0 Å². The van der Waals surface area contributed by atoms with Gasteiger partial charge in [0, 0.05) is 5.56 Å². The predicted molar refractivity (Wildman–Crippen MR) is 112 cm³/mol. The highest BCUT2D eigenvalue weighted by Gasteiger charge is 2.52. The molecule has 1 saturated heterocycles. The largest absolute Gasteiger partial charge is 0.495 e. The summed E-state index contributed by atoms with van der Waals surface area (Å²) >= 11 is 12.0. The number of hydrogen-bond acceptors (Lipinski definition) is 3. The molecule has 3 nitrogen and oxygen atoms in total. The van der Waals surface area contributed by atoms with Crippen molar-refractivity contribution in [2.24, 2.45) is 0 Å². The topological polar surface area (TPSA) is 35.5 Å². The van der Waals surface area contributed by atoms with Crippen LogP contribution in [0.3, 0.4) is 0 Å².